The van der Waals surface area contributed by atoms with Crippen molar-refractivity contribution in [3.63, 3.8) is 0 Å². The first-order valence-corrected chi connectivity index (χ1v) is 7.90. The normalized spacial score (nSPS) is 18.8. The van der Waals surface area contributed by atoms with E-state index in [1.165, 1.54) is 0 Å². The fourth-order valence-electron chi connectivity index (χ4n) is 3.36. The van der Waals surface area contributed by atoms with Crippen LogP contribution in [0.1, 0.15) is 11.1 Å². The van der Waals surface area contributed by atoms with E-state index in [4.69, 9.17) is 15.2 Å². The van der Waals surface area contributed by atoms with Gasteiger partial charge in [-0.3, -0.25) is 0 Å². The fourth-order valence-corrected chi connectivity index (χ4v) is 3.36. The van der Waals surface area contributed by atoms with Crippen molar-refractivity contribution in [1.29, 1.82) is 0 Å². The Morgan fingerprint density at radius 1 is 0.920 bits per heavy atom. The number of ether oxygens (including phenoxy) is 2. The molecule has 3 N–H and O–H groups in total. The monoisotopic (exact) mass is 334 g/mol. The Morgan fingerprint density at radius 2 is 1.64 bits per heavy atom. The smallest absolute Gasteiger partial charge is 0.175 e. The van der Waals surface area contributed by atoms with Crippen LogP contribution < -0.4 is 15.2 Å². The molecule has 3 aromatic carbocycles. The van der Waals surface area contributed by atoms with Crippen molar-refractivity contribution in [3.05, 3.63) is 65.7 Å². The van der Waals surface area contributed by atoms with Gasteiger partial charge >= 0.3 is 0 Å². The zero-order valence-corrected chi connectivity index (χ0v) is 14.0. The molecule has 4 rings (SSSR count). The minimum atomic E-state index is -1.54. The molecular formula is C20H18N2O3. The molecule has 0 aliphatic carbocycles. The molecule has 1 unspecified atom stereocenters. The van der Waals surface area contributed by atoms with Crippen molar-refractivity contribution in [2.75, 3.05) is 14.2 Å². The highest BCUT2D eigenvalue weighted by Crippen LogP contribution is 2.46. The molecule has 0 saturated carbocycles. The molecule has 1 aliphatic heterocycles. The van der Waals surface area contributed by atoms with Crippen LogP contribution in [0.4, 0.5) is 5.69 Å². The van der Waals surface area contributed by atoms with Gasteiger partial charge in [0.1, 0.15) is 17.3 Å². The molecule has 0 radical (unpaired) electrons. The lowest BCUT2D eigenvalue weighted by molar-refractivity contribution is 0.159. The van der Waals surface area contributed by atoms with E-state index in [0.29, 0.717) is 28.3 Å². The third-order valence-corrected chi connectivity index (χ3v) is 4.67. The largest absolute Gasteiger partial charge is 0.497 e. The summed E-state index contributed by atoms with van der Waals surface area (Å²) in [6.07, 6.45) is 0. The van der Waals surface area contributed by atoms with Crippen LogP contribution >= 0.6 is 0 Å². The molecule has 0 fully saturated rings. The van der Waals surface area contributed by atoms with E-state index < -0.39 is 5.60 Å². The van der Waals surface area contributed by atoms with Crippen LogP contribution in [0, 0.1) is 0 Å². The number of amidine groups is 1. The number of rotatable bonds is 3. The average Bonchev–Trinajstić information content (AvgIpc) is 2.91. The summed E-state index contributed by atoms with van der Waals surface area (Å²) in [7, 11) is 3.18. The quantitative estimate of drug-likeness (QED) is 0.771. The summed E-state index contributed by atoms with van der Waals surface area (Å²) in [5.41, 5.74) is 6.51. The Balaban J connectivity index is 2.05. The van der Waals surface area contributed by atoms with E-state index in [1.807, 2.05) is 30.3 Å². The molecule has 3 aromatic rings. The molecule has 5 heteroatoms. The minimum Gasteiger partial charge on any atom is -0.497 e. The van der Waals surface area contributed by atoms with Crippen LogP contribution in [0.25, 0.3) is 10.8 Å². The van der Waals surface area contributed by atoms with Gasteiger partial charge in [-0.1, -0.05) is 24.3 Å². The Morgan fingerprint density at radius 3 is 2.40 bits per heavy atom. The molecule has 0 spiro atoms. The van der Waals surface area contributed by atoms with Gasteiger partial charge in [-0.2, -0.15) is 0 Å². The Hall–Kier alpha value is -3.05. The first kappa shape index (κ1) is 15.5. The summed E-state index contributed by atoms with van der Waals surface area (Å²) in [6, 6.07) is 16.9. The number of hydrogen-bond donors (Lipinski definition) is 2. The highest BCUT2D eigenvalue weighted by molar-refractivity contribution is 6.04. The van der Waals surface area contributed by atoms with Crippen LogP contribution in [0.5, 0.6) is 11.5 Å². The number of hydrogen-bond acceptors (Lipinski definition) is 5. The predicted molar refractivity (Wildman–Crippen MR) is 97.8 cm³/mol. The van der Waals surface area contributed by atoms with Crippen molar-refractivity contribution in [2.45, 2.75) is 5.60 Å². The van der Waals surface area contributed by atoms with Gasteiger partial charge in [0.05, 0.1) is 19.9 Å². The maximum atomic E-state index is 11.7. The highest BCUT2D eigenvalue weighted by Gasteiger charge is 2.44. The standard InChI is InChI=1S/C20H18N2O3/c1-24-13-7-8-18-17(10-13)20(23,19(21)22-18)16-11-14(25-2)9-12-5-3-4-6-15(12)16/h3-11,23H,1-2H3,(H2,21,22). The number of fused-ring (bicyclic) bond motifs is 2. The van der Waals surface area contributed by atoms with Crippen LogP contribution in [0.15, 0.2) is 59.6 Å². The number of nitrogens with two attached hydrogens (primary N) is 1. The van der Waals surface area contributed by atoms with Crippen molar-refractivity contribution in [2.24, 2.45) is 10.7 Å². The second kappa shape index (κ2) is 5.50. The molecule has 1 atom stereocenters. The van der Waals surface area contributed by atoms with Gasteiger partial charge in [-0.15, -0.1) is 0 Å². The maximum Gasteiger partial charge on any atom is 0.175 e. The topological polar surface area (TPSA) is 77.1 Å². The molecule has 5 nitrogen and oxygen atoms in total. The molecule has 126 valence electrons. The van der Waals surface area contributed by atoms with Crippen LogP contribution in [-0.4, -0.2) is 25.2 Å². The van der Waals surface area contributed by atoms with Crippen molar-refractivity contribution in [3.8, 4) is 11.5 Å². The molecule has 25 heavy (non-hydrogen) atoms. The van der Waals surface area contributed by atoms with E-state index >= 15 is 0 Å². The molecule has 1 heterocycles. The van der Waals surface area contributed by atoms with E-state index in [0.717, 1.165) is 10.8 Å². The number of aliphatic hydroxyl groups is 1. The van der Waals surface area contributed by atoms with E-state index in [-0.39, 0.29) is 5.84 Å². The van der Waals surface area contributed by atoms with Gasteiger partial charge in [-0.25, -0.2) is 4.99 Å². The van der Waals surface area contributed by atoms with Gasteiger partial charge in [0, 0.05) is 11.1 Å². The second-order valence-electron chi connectivity index (χ2n) is 5.99. The SMILES string of the molecule is COc1ccc2c(c1)C(O)(c1cc(OC)cc3ccccc13)C(N)=N2. The first-order chi connectivity index (χ1) is 12.1. The molecule has 1 aliphatic rings. The van der Waals surface area contributed by atoms with E-state index in [1.54, 1.807) is 38.5 Å². The molecule has 0 saturated heterocycles. The Bertz CT molecular complexity index is 1010. The van der Waals surface area contributed by atoms with Crippen LogP contribution in [0.3, 0.4) is 0 Å². The summed E-state index contributed by atoms with van der Waals surface area (Å²) < 4.78 is 10.7. The summed E-state index contributed by atoms with van der Waals surface area (Å²) in [5.74, 6) is 1.41. The zero-order valence-electron chi connectivity index (χ0n) is 14.0. The average molecular weight is 334 g/mol. The molecule has 0 amide bonds. The first-order valence-electron chi connectivity index (χ1n) is 7.90. The summed E-state index contributed by atoms with van der Waals surface area (Å²) in [4.78, 5) is 4.37. The lowest BCUT2D eigenvalue weighted by atomic mass is 9.83. The number of benzene rings is 3. The van der Waals surface area contributed by atoms with E-state index in [9.17, 15) is 5.11 Å². The van der Waals surface area contributed by atoms with Crippen molar-refractivity contribution >= 4 is 22.3 Å². The highest BCUT2D eigenvalue weighted by atomic mass is 16.5. The van der Waals surface area contributed by atoms with Gasteiger partial charge in [0.2, 0.25) is 0 Å². The second-order valence-corrected chi connectivity index (χ2v) is 5.99. The third kappa shape index (κ3) is 2.16. The minimum absolute atomic E-state index is 0.133. The number of nitrogens with zero attached hydrogens (tertiary/aromatic N) is 1. The summed E-state index contributed by atoms with van der Waals surface area (Å²) in [5, 5.41) is 13.5. The predicted octanol–water partition coefficient (Wildman–Crippen LogP) is 3.10. The molecular weight excluding hydrogens is 316 g/mol. The summed E-state index contributed by atoms with van der Waals surface area (Å²) >= 11 is 0. The zero-order chi connectivity index (χ0) is 17.6. The number of methoxy groups -OCH3 is 2. The lowest BCUT2D eigenvalue weighted by Gasteiger charge is -2.27. The van der Waals surface area contributed by atoms with E-state index in [2.05, 4.69) is 4.99 Å². The fraction of sp³-hybridized carbons (Fsp3) is 0.150. The Labute approximate surface area is 145 Å². The van der Waals surface area contributed by atoms with Gasteiger partial charge in [0.25, 0.3) is 0 Å². The Kier molecular flexibility index (Phi) is 3.40. The summed E-state index contributed by atoms with van der Waals surface area (Å²) in [6.45, 7) is 0. The van der Waals surface area contributed by atoms with Crippen molar-refractivity contribution < 1.29 is 14.6 Å². The molecule has 0 bridgehead atoms. The van der Waals surface area contributed by atoms with Gasteiger partial charge < -0.3 is 20.3 Å². The maximum absolute atomic E-state index is 11.7. The van der Waals surface area contributed by atoms with Crippen LogP contribution in [-0.2, 0) is 5.60 Å². The van der Waals surface area contributed by atoms with Crippen LogP contribution in [0.2, 0.25) is 0 Å². The number of aliphatic imine (C=N–C) groups is 1. The molecule has 0 aromatic heterocycles. The lowest BCUT2D eigenvalue weighted by Crippen LogP contribution is -2.39. The third-order valence-electron chi connectivity index (χ3n) is 4.67. The van der Waals surface area contributed by atoms with Gasteiger partial charge in [0.15, 0.2) is 5.60 Å². The van der Waals surface area contributed by atoms with Gasteiger partial charge in [-0.05, 0) is 41.1 Å². The van der Waals surface area contributed by atoms with Crippen molar-refractivity contribution in [1.82, 2.24) is 0 Å².